The van der Waals surface area contributed by atoms with Crippen LogP contribution in [0.15, 0.2) is 30.6 Å². The summed E-state index contributed by atoms with van der Waals surface area (Å²) in [6.07, 6.45) is 4.47. The van der Waals surface area contributed by atoms with Gasteiger partial charge in [0.05, 0.1) is 6.54 Å². The second-order valence-corrected chi connectivity index (χ2v) is 3.67. The number of aryl methyl sites for hydroxylation is 1. The second kappa shape index (κ2) is 4.35. The fourth-order valence-corrected chi connectivity index (χ4v) is 1.69. The van der Waals surface area contributed by atoms with Gasteiger partial charge in [0.25, 0.3) is 0 Å². The molecule has 0 aliphatic rings. The highest BCUT2D eigenvalue weighted by Crippen LogP contribution is 2.15. The van der Waals surface area contributed by atoms with Crippen LogP contribution in [-0.4, -0.2) is 9.55 Å². The molecule has 16 heavy (non-hydrogen) atoms. The van der Waals surface area contributed by atoms with Gasteiger partial charge in [-0.1, -0.05) is 6.92 Å². The molecule has 4 heteroatoms. The molecule has 0 fully saturated rings. The first-order chi connectivity index (χ1) is 7.70. The summed E-state index contributed by atoms with van der Waals surface area (Å²) in [6.45, 7) is 2.60. The van der Waals surface area contributed by atoms with Crippen molar-refractivity contribution >= 4 is 5.69 Å². The smallest absolute Gasteiger partial charge is 0.123 e. The Labute approximate surface area is 93.7 Å². The minimum atomic E-state index is -0.262. The molecule has 0 spiro atoms. The Kier molecular flexibility index (Phi) is 2.90. The lowest BCUT2D eigenvalue weighted by molar-refractivity contribution is 0.623. The Morgan fingerprint density at radius 2 is 2.25 bits per heavy atom. The van der Waals surface area contributed by atoms with Crippen molar-refractivity contribution in [3.63, 3.8) is 0 Å². The van der Waals surface area contributed by atoms with Crippen molar-refractivity contribution in [3.8, 4) is 0 Å². The van der Waals surface area contributed by atoms with Gasteiger partial charge in [0.2, 0.25) is 0 Å². The number of hydrogen-bond acceptors (Lipinski definition) is 2. The highest BCUT2D eigenvalue weighted by molar-refractivity contribution is 5.46. The predicted octanol–water partition coefficient (Wildman–Crippen LogP) is 2.22. The molecule has 2 rings (SSSR count). The van der Waals surface area contributed by atoms with Crippen LogP contribution in [0, 0.1) is 5.82 Å². The van der Waals surface area contributed by atoms with Crippen molar-refractivity contribution in [1.29, 1.82) is 0 Å². The van der Waals surface area contributed by atoms with Crippen LogP contribution in [0.1, 0.15) is 18.3 Å². The van der Waals surface area contributed by atoms with Crippen LogP contribution in [0.25, 0.3) is 0 Å². The summed E-state index contributed by atoms with van der Waals surface area (Å²) in [6, 6.07) is 4.43. The van der Waals surface area contributed by atoms with Crippen LogP contribution >= 0.6 is 0 Å². The Hall–Kier alpha value is -1.84. The van der Waals surface area contributed by atoms with Crippen LogP contribution in [0.3, 0.4) is 0 Å². The van der Waals surface area contributed by atoms with Crippen molar-refractivity contribution < 1.29 is 4.39 Å². The zero-order valence-electron chi connectivity index (χ0n) is 9.15. The molecule has 1 aromatic heterocycles. The standard InChI is InChI=1S/C12H14FN3/c1-2-12-15-5-6-16(12)8-9-7-10(13)3-4-11(9)14/h3-7H,2,8,14H2,1H3. The van der Waals surface area contributed by atoms with E-state index in [4.69, 9.17) is 5.73 Å². The van der Waals surface area contributed by atoms with E-state index < -0.39 is 0 Å². The topological polar surface area (TPSA) is 43.8 Å². The number of benzene rings is 1. The summed E-state index contributed by atoms with van der Waals surface area (Å²) in [7, 11) is 0. The average Bonchev–Trinajstić information content (AvgIpc) is 2.71. The zero-order chi connectivity index (χ0) is 11.5. The van der Waals surface area contributed by atoms with Crippen molar-refractivity contribution in [3.05, 3.63) is 47.8 Å². The van der Waals surface area contributed by atoms with E-state index in [9.17, 15) is 4.39 Å². The molecule has 0 saturated heterocycles. The third-order valence-electron chi connectivity index (χ3n) is 2.56. The maximum absolute atomic E-state index is 13.1. The predicted molar refractivity (Wildman–Crippen MR) is 61.5 cm³/mol. The van der Waals surface area contributed by atoms with E-state index in [1.54, 1.807) is 12.3 Å². The lowest BCUT2D eigenvalue weighted by Crippen LogP contribution is -2.06. The largest absolute Gasteiger partial charge is 0.398 e. The normalized spacial score (nSPS) is 10.6. The van der Waals surface area contributed by atoms with Gasteiger partial charge in [0, 0.05) is 24.5 Å². The maximum atomic E-state index is 13.1. The van der Waals surface area contributed by atoms with Crippen LogP contribution in [0.4, 0.5) is 10.1 Å². The summed E-state index contributed by atoms with van der Waals surface area (Å²) in [4.78, 5) is 4.21. The van der Waals surface area contributed by atoms with Crippen molar-refractivity contribution in [2.24, 2.45) is 0 Å². The van der Waals surface area contributed by atoms with E-state index in [2.05, 4.69) is 4.98 Å². The molecular formula is C12H14FN3. The van der Waals surface area contributed by atoms with Gasteiger partial charge in [-0.15, -0.1) is 0 Å². The monoisotopic (exact) mass is 219 g/mol. The minimum absolute atomic E-state index is 0.262. The average molecular weight is 219 g/mol. The highest BCUT2D eigenvalue weighted by Gasteiger charge is 2.05. The fourth-order valence-electron chi connectivity index (χ4n) is 1.69. The first-order valence-electron chi connectivity index (χ1n) is 5.24. The lowest BCUT2D eigenvalue weighted by Gasteiger charge is -2.09. The van der Waals surface area contributed by atoms with Crippen molar-refractivity contribution in [2.45, 2.75) is 19.9 Å². The van der Waals surface area contributed by atoms with Crippen LogP contribution < -0.4 is 5.73 Å². The molecule has 0 bridgehead atoms. The van der Waals surface area contributed by atoms with E-state index in [0.29, 0.717) is 12.2 Å². The van der Waals surface area contributed by atoms with Crippen molar-refractivity contribution in [1.82, 2.24) is 9.55 Å². The molecule has 84 valence electrons. The molecule has 0 amide bonds. The molecule has 1 heterocycles. The number of anilines is 1. The molecule has 2 aromatic rings. The SMILES string of the molecule is CCc1nccn1Cc1cc(F)ccc1N. The Morgan fingerprint density at radius 1 is 1.44 bits per heavy atom. The second-order valence-electron chi connectivity index (χ2n) is 3.67. The maximum Gasteiger partial charge on any atom is 0.123 e. The highest BCUT2D eigenvalue weighted by atomic mass is 19.1. The van der Waals surface area contributed by atoms with Crippen molar-refractivity contribution in [2.75, 3.05) is 5.73 Å². The number of aromatic nitrogens is 2. The molecule has 0 aliphatic heterocycles. The van der Waals surface area contributed by atoms with E-state index in [-0.39, 0.29) is 5.82 Å². The van der Waals surface area contributed by atoms with Gasteiger partial charge in [0.15, 0.2) is 0 Å². The summed E-state index contributed by atoms with van der Waals surface area (Å²) >= 11 is 0. The molecule has 2 N–H and O–H groups in total. The summed E-state index contributed by atoms with van der Waals surface area (Å²) < 4.78 is 15.1. The summed E-state index contributed by atoms with van der Waals surface area (Å²) in [5.41, 5.74) is 7.19. The molecule has 0 saturated carbocycles. The van der Waals surface area contributed by atoms with Crippen LogP contribution in [-0.2, 0) is 13.0 Å². The number of halogens is 1. The Morgan fingerprint density at radius 3 is 3.00 bits per heavy atom. The zero-order valence-corrected chi connectivity index (χ0v) is 9.15. The number of nitrogen functional groups attached to an aromatic ring is 1. The third kappa shape index (κ3) is 2.05. The molecule has 3 nitrogen and oxygen atoms in total. The number of nitrogens with zero attached hydrogens (tertiary/aromatic N) is 2. The van der Waals surface area contributed by atoms with Gasteiger partial charge < -0.3 is 10.3 Å². The number of rotatable bonds is 3. The molecule has 0 aliphatic carbocycles. The number of hydrogen-bond donors (Lipinski definition) is 1. The van der Waals surface area contributed by atoms with Gasteiger partial charge in [-0.25, -0.2) is 9.37 Å². The lowest BCUT2D eigenvalue weighted by atomic mass is 10.1. The van der Waals surface area contributed by atoms with E-state index >= 15 is 0 Å². The number of nitrogens with two attached hydrogens (primary N) is 1. The van der Waals surface area contributed by atoms with E-state index in [0.717, 1.165) is 17.8 Å². The molecular weight excluding hydrogens is 205 g/mol. The van der Waals surface area contributed by atoms with E-state index in [1.807, 2.05) is 17.7 Å². The van der Waals surface area contributed by atoms with Gasteiger partial charge in [-0.3, -0.25) is 0 Å². The molecule has 0 radical (unpaired) electrons. The first kappa shape index (κ1) is 10.7. The summed E-state index contributed by atoms with van der Waals surface area (Å²) in [5, 5.41) is 0. The van der Waals surface area contributed by atoms with Crippen LogP contribution in [0.5, 0.6) is 0 Å². The van der Waals surface area contributed by atoms with E-state index in [1.165, 1.54) is 12.1 Å². The molecule has 0 atom stereocenters. The number of imidazole rings is 1. The van der Waals surface area contributed by atoms with Gasteiger partial charge in [-0.2, -0.15) is 0 Å². The van der Waals surface area contributed by atoms with Crippen LogP contribution in [0.2, 0.25) is 0 Å². The fraction of sp³-hybridized carbons (Fsp3) is 0.250. The quantitative estimate of drug-likeness (QED) is 0.804. The third-order valence-corrected chi connectivity index (χ3v) is 2.56. The summed E-state index contributed by atoms with van der Waals surface area (Å²) in [5.74, 6) is 0.714. The minimum Gasteiger partial charge on any atom is -0.398 e. The first-order valence-corrected chi connectivity index (χ1v) is 5.24. The molecule has 0 unspecified atom stereocenters. The Bertz CT molecular complexity index is 491. The van der Waals surface area contributed by atoms with Gasteiger partial charge in [0.1, 0.15) is 11.6 Å². The Balaban J connectivity index is 2.30. The molecule has 1 aromatic carbocycles. The van der Waals surface area contributed by atoms with Gasteiger partial charge >= 0.3 is 0 Å². The van der Waals surface area contributed by atoms with Gasteiger partial charge in [-0.05, 0) is 23.8 Å².